The SMILES string of the molecule is Cc1cc(C)c2c(c1)n(CC(=O)N(C)C)c(=O)n2CC(=O)O.[Li+].[OH-]. The third-order valence-corrected chi connectivity index (χ3v) is 3.53. The number of carbonyl (C=O) groups excluding carboxylic acids is 1. The quantitative estimate of drug-likeness (QED) is 0.619. The number of imidazole rings is 1. The van der Waals surface area contributed by atoms with Gasteiger partial charge < -0.3 is 15.5 Å². The monoisotopic (exact) mass is 329 g/mol. The van der Waals surface area contributed by atoms with Gasteiger partial charge in [-0.25, -0.2) is 4.79 Å². The number of amides is 1. The number of nitrogens with zero attached hydrogens (tertiary/aromatic N) is 3. The minimum atomic E-state index is -1.10. The predicted octanol–water partition coefficient (Wildman–Crippen LogP) is -2.58. The summed E-state index contributed by atoms with van der Waals surface area (Å²) in [6.07, 6.45) is 0. The van der Waals surface area contributed by atoms with Gasteiger partial charge >= 0.3 is 30.5 Å². The molecule has 0 atom stereocenters. The number of rotatable bonds is 4. The zero-order valence-corrected chi connectivity index (χ0v) is 14.5. The molecule has 0 saturated heterocycles. The minimum absolute atomic E-state index is 0. The summed E-state index contributed by atoms with van der Waals surface area (Å²) < 4.78 is 2.54. The molecule has 0 saturated carbocycles. The van der Waals surface area contributed by atoms with Gasteiger partial charge in [0.15, 0.2) is 0 Å². The van der Waals surface area contributed by atoms with Crippen molar-refractivity contribution in [3.05, 3.63) is 33.7 Å². The van der Waals surface area contributed by atoms with Gasteiger partial charge in [-0.1, -0.05) is 6.07 Å². The fourth-order valence-corrected chi connectivity index (χ4v) is 2.55. The second kappa shape index (κ2) is 8.19. The van der Waals surface area contributed by atoms with Crippen molar-refractivity contribution in [3.63, 3.8) is 0 Å². The Morgan fingerprint density at radius 3 is 2.21 bits per heavy atom. The van der Waals surface area contributed by atoms with Gasteiger partial charge in [0.05, 0.1) is 11.0 Å². The second-order valence-corrected chi connectivity index (χ2v) is 5.59. The van der Waals surface area contributed by atoms with E-state index < -0.39 is 18.2 Å². The molecule has 0 spiro atoms. The molecule has 0 unspecified atom stereocenters. The third-order valence-electron chi connectivity index (χ3n) is 3.53. The van der Waals surface area contributed by atoms with Crippen LogP contribution in [-0.2, 0) is 22.7 Å². The Labute approximate surface area is 151 Å². The first-order valence-electron chi connectivity index (χ1n) is 6.84. The third kappa shape index (κ3) is 4.09. The van der Waals surface area contributed by atoms with Crippen LogP contribution in [0, 0.1) is 13.8 Å². The largest absolute Gasteiger partial charge is 1.00 e. The molecule has 2 rings (SSSR count). The van der Waals surface area contributed by atoms with Crippen LogP contribution in [0.4, 0.5) is 0 Å². The van der Waals surface area contributed by atoms with E-state index in [9.17, 15) is 14.4 Å². The zero-order chi connectivity index (χ0) is 16.6. The van der Waals surface area contributed by atoms with E-state index >= 15 is 0 Å². The summed E-state index contributed by atoms with van der Waals surface area (Å²) in [7, 11) is 3.22. The van der Waals surface area contributed by atoms with Gasteiger partial charge in [-0.05, 0) is 31.0 Å². The average Bonchev–Trinajstić information content (AvgIpc) is 2.63. The number of likely N-dealkylation sites (N-methyl/N-ethyl adjacent to an activating group) is 1. The van der Waals surface area contributed by atoms with Crippen molar-refractivity contribution in [1.29, 1.82) is 0 Å². The molecule has 1 aromatic carbocycles. The number of hydrogen-bond acceptors (Lipinski definition) is 4. The summed E-state index contributed by atoms with van der Waals surface area (Å²) in [6, 6.07) is 3.68. The zero-order valence-electron chi connectivity index (χ0n) is 14.5. The molecule has 0 radical (unpaired) electrons. The number of carboxylic acids is 1. The van der Waals surface area contributed by atoms with E-state index in [4.69, 9.17) is 5.11 Å². The molecule has 9 heteroatoms. The van der Waals surface area contributed by atoms with Crippen LogP contribution in [0.1, 0.15) is 11.1 Å². The molecule has 0 aliphatic carbocycles. The fraction of sp³-hybridized carbons (Fsp3) is 0.400. The molecule has 2 aromatic rings. The van der Waals surface area contributed by atoms with Crippen molar-refractivity contribution >= 4 is 22.9 Å². The molecule has 1 aromatic heterocycles. The summed E-state index contributed by atoms with van der Waals surface area (Å²) in [4.78, 5) is 36.9. The maximum atomic E-state index is 12.5. The van der Waals surface area contributed by atoms with E-state index in [2.05, 4.69) is 0 Å². The number of aliphatic carboxylic acids is 1. The van der Waals surface area contributed by atoms with Crippen molar-refractivity contribution in [1.82, 2.24) is 14.0 Å². The molecular weight excluding hydrogens is 309 g/mol. The topological polar surface area (TPSA) is 115 Å². The van der Waals surface area contributed by atoms with E-state index in [-0.39, 0.29) is 36.8 Å². The average molecular weight is 329 g/mol. The fourth-order valence-electron chi connectivity index (χ4n) is 2.55. The van der Waals surface area contributed by atoms with E-state index in [1.54, 1.807) is 20.2 Å². The van der Waals surface area contributed by atoms with Gasteiger partial charge in [0, 0.05) is 14.1 Å². The van der Waals surface area contributed by atoms with Crippen molar-refractivity contribution in [3.8, 4) is 0 Å². The maximum absolute atomic E-state index is 12.5. The van der Waals surface area contributed by atoms with Crippen LogP contribution in [0.15, 0.2) is 16.9 Å². The van der Waals surface area contributed by atoms with Crippen LogP contribution in [0.25, 0.3) is 11.0 Å². The number of carbonyl (C=O) groups is 2. The Balaban J connectivity index is 0.00000264. The number of carboxylic acid groups (broad SMARTS) is 1. The van der Waals surface area contributed by atoms with Crippen LogP contribution in [0.5, 0.6) is 0 Å². The molecule has 1 heterocycles. The second-order valence-electron chi connectivity index (χ2n) is 5.59. The van der Waals surface area contributed by atoms with E-state index in [1.807, 2.05) is 19.9 Å². The minimum Gasteiger partial charge on any atom is -0.870 e. The van der Waals surface area contributed by atoms with Gasteiger partial charge in [-0.15, -0.1) is 0 Å². The molecule has 0 bridgehead atoms. The molecule has 24 heavy (non-hydrogen) atoms. The standard InChI is InChI=1S/C15H19N3O4.Li.H2O/c1-9-5-10(2)14-11(6-9)17(7-12(19)16(3)4)15(22)18(14)8-13(20)21;;/h5-6H,7-8H2,1-4H3,(H,20,21);;1H2/q;+1;/p-1. The Hall–Kier alpha value is -2.01. The van der Waals surface area contributed by atoms with Crippen LogP contribution < -0.4 is 24.6 Å². The summed E-state index contributed by atoms with van der Waals surface area (Å²) in [5, 5.41) is 9.03. The van der Waals surface area contributed by atoms with E-state index in [1.165, 1.54) is 14.0 Å². The summed E-state index contributed by atoms with van der Waals surface area (Å²) >= 11 is 0. The summed E-state index contributed by atoms with van der Waals surface area (Å²) in [5.74, 6) is -1.32. The number of fused-ring (bicyclic) bond motifs is 1. The molecule has 1 amide bonds. The van der Waals surface area contributed by atoms with Crippen LogP contribution in [0.3, 0.4) is 0 Å². The molecule has 8 nitrogen and oxygen atoms in total. The maximum Gasteiger partial charge on any atom is 1.00 e. The van der Waals surface area contributed by atoms with Crippen molar-refractivity contribution in [2.24, 2.45) is 0 Å². The van der Waals surface area contributed by atoms with Crippen LogP contribution >= 0.6 is 0 Å². The molecule has 126 valence electrons. The van der Waals surface area contributed by atoms with Crippen molar-refractivity contribution < 1.29 is 39.0 Å². The van der Waals surface area contributed by atoms with E-state index in [0.29, 0.717) is 11.0 Å². The number of aryl methyl sites for hydroxylation is 2. The normalized spacial score (nSPS) is 10.0. The molecular formula is C15H20LiN3O5. The Morgan fingerprint density at radius 1 is 1.12 bits per heavy atom. The molecule has 0 aliphatic heterocycles. The smallest absolute Gasteiger partial charge is 0.870 e. The number of aromatic nitrogens is 2. The summed E-state index contributed by atoms with van der Waals surface area (Å²) in [6.45, 7) is 3.18. The van der Waals surface area contributed by atoms with Crippen molar-refractivity contribution in [2.45, 2.75) is 26.9 Å². The van der Waals surface area contributed by atoms with Gasteiger partial charge in [0.25, 0.3) is 0 Å². The number of hydrogen-bond donors (Lipinski definition) is 1. The predicted molar refractivity (Wildman–Crippen MR) is 83.9 cm³/mol. The Bertz CT molecular complexity index is 823. The van der Waals surface area contributed by atoms with Gasteiger partial charge in [-0.2, -0.15) is 0 Å². The van der Waals surface area contributed by atoms with E-state index in [0.717, 1.165) is 11.1 Å². The van der Waals surface area contributed by atoms with Gasteiger partial charge in [0.2, 0.25) is 5.91 Å². The van der Waals surface area contributed by atoms with Gasteiger partial charge in [-0.3, -0.25) is 18.7 Å². The van der Waals surface area contributed by atoms with Gasteiger partial charge in [0.1, 0.15) is 13.1 Å². The molecule has 0 aliphatic rings. The molecule has 2 N–H and O–H groups in total. The summed E-state index contributed by atoms with van der Waals surface area (Å²) in [5.41, 5.74) is 2.41. The molecule has 0 fully saturated rings. The first-order valence-corrected chi connectivity index (χ1v) is 6.84. The Morgan fingerprint density at radius 2 is 1.71 bits per heavy atom. The Kier molecular flexibility index (Phi) is 7.51. The number of benzene rings is 1. The van der Waals surface area contributed by atoms with Crippen molar-refractivity contribution in [2.75, 3.05) is 14.1 Å². The van der Waals surface area contributed by atoms with Crippen LogP contribution in [-0.4, -0.2) is 50.6 Å². The van der Waals surface area contributed by atoms with Crippen LogP contribution in [0.2, 0.25) is 0 Å². The first kappa shape index (κ1) is 22.0. The first-order chi connectivity index (χ1) is 10.2.